The van der Waals surface area contributed by atoms with E-state index in [0.717, 1.165) is 7.11 Å². The fourth-order valence-electron chi connectivity index (χ4n) is 0.392. The fraction of sp³-hybridized carbons (Fsp3) is 0.333. The van der Waals surface area contributed by atoms with Gasteiger partial charge < -0.3 is 14.9 Å². The summed E-state index contributed by atoms with van der Waals surface area (Å²) in [7, 11) is 1.07. The van der Waals surface area contributed by atoms with Gasteiger partial charge in [-0.15, -0.1) is 0 Å². The summed E-state index contributed by atoms with van der Waals surface area (Å²) < 4.78 is 4.12. The van der Waals surface area contributed by atoms with Crippen LogP contribution in [0.4, 0.5) is 0 Å². The first kappa shape index (κ1) is 9.64. The fourth-order valence-corrected chi connectivity index (χ4v) is 0.392. The number of carboxylic acid groups (broad SMARTS) is 1. The lowest BCUT2D eigenvalue weighted by molar-refractivity contribution is -0.148. The summed E-state index contributed by atoms with van der Waals surface area (Å²) in [5.74, 6) is -2.46. The third-order valence-electron chi connectivity index (χ3n) is 1.01. The molecule has 5 heteroatoms. The van der Waals surface area contributed by atoms with E-state index in [1.165, 1.54) is 0 Å². The number of hydrogen-bond acceptors (Lipinski definition) is 4. The molecule has 0 aliphatic heterocycles. The third kappa shape index (κ3) is 2.38. The Morgan fingerprint density at radius 2 is 2.00 bits per heavy atom. The Morgan fingerprint density at radius 3 is 2.27 bits per heavy atom. The van der Waals surface area contributed by atoms with Crippen LogP contribution in [-0.4, -0.2) is 35.4 Å². The Labute approximate surface area is 62.9 Å². The molecule has 0 fully saturated rings. The zero-order valence-electron chi connectivity index (χ0n) is 5.90. The average molecular weight is 160 g/mol. The lowest BCUT2D eigenvalue weighted by Crippen LogP contribution is -2.26. The number of aliphatic hydroxyl groups is 1. The summed E-state index contributed by atoms with van der Waals surface area (Å²) in [4.78, 5) is 20.6. The second-order valence-electron chi connectivity index (χ2n) is 1.76. The highest BCUT2D eigenvalue weighted by Crippen LogP contribution is 2.00. The highest BCUT2D eigenvalue weighted by atomic mass is 16.5. The quantitative estimate of drug-likeness (QED) is 0.415. The van der Waals surface area contributed by atoms with Gasteiger partial charge in [0.15, 0.2) is 6.10 Å². The number of carbonyl (C=O) groups is 2. The van der Waals surface area contributed by atoms with Gasteiger partial charge in [-0.1, -0.05) is 6.58 Å². The molecule has 11 heavy (non-hydrogen) atoms. The van der Waals surface area contributed by atoms with Crippen LogP contribution >= 0.6 is 0 Å². The van der Waals surface area contributed by atoms with Crippen molar-refractivity contribution < 1.29 is 24.5 Å². The molecule has 0 spiro atoms. The van der Waals surface area contributed by atoms with Crippen LogP contribution in [0.25, 0.3) is 0 Å². The predicted molar refractivity (Wildman–Crippen MR) is 34.8 cm³/mol. The Morgan fingerprint density at radius 1 is 1.55 bits per heavy atom. The summed E-state index contributed by atoms with van der Waals surface area (Å²) in [5.41, 5.74) is -0.486. The Bertz CT molecular complexity index is 195. The molecule has 0 saturated heterocycles. The van der Waals surface area contributed by atoms with Crippen LogP contribution in [0.3, 0.4) is 0 Å². The van der Waals surface area contributed by atoms with Gasteiger partial charge in [-0.25, -0.2) is 9.59 Å². The smallest absolute Gasteiger partial charge is 0.337 e. The maximum absolute atomic E-state index is 10.5. The lowest BCUT2D eigenvalue weighted by atomic mass is 10.2. The van der Waals surface area contributed by atoms with Crippen LogP contribution in [0.2, 0.25) is 0 Å². The van der Waals surface area contributed by atoms with Crippen LogP contribution in [0.1, 0.15) is 0 Å². The molecule has 0 aliphatic carbocycles. The van der Waals surface area contributed by atoms with Crippen LogP contribution in [0.5, 0.6) is 0 Å². The average Bonchev–Trinajstić information content (AvgIpc) is 2.00. The maximum atomic E-state index is 10.5. The number of esters is 1. The monoisotopic (exact) mass is 160 g/mol. The molecule has 0 aliphatic rings. The van der Waals surface area contributed by atoms with E-state index < -0.39 is 23.6 Å². The van der Waals surface area contributed by atoms with Gasteiger partial charge in [0.25, 0.3) is 0 Å². The van der Waals surface area contributed by atoms with Crippen molar-refractivity contribution in [3.8, 4) is 0 Å². The minimum atomic E-state index is -1.89. The van der Waals surface area contributed by atoms with Crippen LogP contribution in [-0.2, 0) is 14.3 Å². The van der Waals surface area contributed by atoms with Crippen LogP contribution < -0.4 is 0 Å². The van der Waals surface area contributed by atoms with Crippen molar-refractivity contribution in [1.29, 1.82) is 0 Å². The normalized spacial score (nSPS) is 11.8. The first-order valence-corrected chi connectivity index (χ1v) is 2.68. The van der Waals surface area contributed by atoms with E-state index in [2.05, 4.69) is 11.3 Å². The standard InChI is InChI=1S/C6H8O5/c1-3(6(10)11-2)4(7)5(8)9/h4,7H,1H2,2H3,(H,8,9). The van der Waals surface area contributed by atoms with Gasteiger partial charge in [0, 0.05) is 0 Å². The van der Waals surface area contributed by atoms with E-state index in [1.807, 2.05) is 0 Å². The van der Waals surface area contributed by atoms with Gasteiger partial charge in [-0.05, 0) is 0 Å². The van der Waals surface area contributed by atoms with E-state index in [0.29, 0.717) is 0 Å². The first-order chi connectivity index (χ1) is 5.00. The van der Waals surface area contributed by atoms with E-state index >= 15 is 0 Å². The SMILES string of the molecule is C=C(C(=O)OC)C(O)C(=O)O. The second kappa shape index (κ2) is 3.72. The van der Waals surface area contributed by atoms with Gasteiger partial charge in [0.1, 0.15) is 0 Å². The summed E-state index contributed by atoms with van der Waals surface area (Å²) in [6.45, 7) is 3.04. The molecular formula is C6H8O5. The summed E-state index contributed by atoms with van der Waals surface area (Å²) in [6.07, 6.45) is -1.89. The predicted octanol–water partition coefficient (Wildman–Crippen LogP) is -0.839. The van der Waals surface area contributed by atoms with Crippen molar-refractivity contribution in [2.45, 2.75) is 6.10 Å². The highest BCUT2D eigenvalue weighted by Gasteiger charge is 2.23. The molecular weight excluding hydrogens is 152 g/mol. The van der Waals surface area contributed by atoms with E-state index in [-0.39, 0.29) is 0 Å². The Hall–Kier alpha value is -1.36. The number of carbonyl (C=O) groups excluding carboxylic acids is 1. The molecule has 0 heterocycles. The third-order valence-corrected chi connectivity index (χ3v) is 1.01. The molecule has 0 aromatic rings. The number of aliphatic hydroxyl groups excluding tert-OH is 1. The molecule has 0 radical (unpaired) electrons. The number of carboxylic acids is 1. The number of hydrogen-bond donors (Lipinski definition) is 2. The highest BCUT2D eigenvalue weighted by molar-refractivity contribution is 5.95. The van der Waals surface area contributed by atoms with Gasteiger partial charge in [-0.2, -0.15) is 0 Å². The molecule has 0 saturated carbocycles. The van der Waals surface area contributed by atoms with Crippen molar-refractivity contribution in [1.82, 2.24) is 0 Å². The van der Waals surface area contributed by atoms with Crippen molar-refractivity contribution in [3.05, 3.63) is 12.2 Å². The zero-order chi connectivity index (χ0) is 9.02. The van der Waals surface area contributed by atoms with Crippen molar-refractivity contribution in [2.75, 3.05) is 7.11 Å². The van der Waals surface area contributed by atoms with E-state index in [9.17, 15) is 9.59 Å². The molecule has 0 aromatic carbocycles. The molecule has 62 valence electrons. The molecule has 2 N–H and O–H groups in total. The first-order valence-electron chi connectivity index (χ1n) is 2.68. The molecule has 5 nitrogen and oxygen atoms in total. The second-order valence-corrected chi connectivity index (χ2v) is 1.76. The zero-order valence-corrected chi connectivity index (χ0v) is 5.90. The van der Waals surface area contributed by atoms with Crippen molar-refractivity contribution >= 4 is 11.9 Å². The van der Waals surface area contributed by atoms with Crippen LogP contribution in [0.15, 0.2) is 12.2 Å². The number of aliphatic carboxylic acids is 1. The van der Waals surface area contributed by atoms with Gasteiger partial charge in [0.05, 0.1) is 12.7 Å². The minimum Gasteiger partial charge on any atom is -0.479 e. The van der Waals surface area contributed by atoms with Gasteiger partial charge >= 0.3 is 11.9 Å². The number of ether oxygens (including phenoxy) is 1. The summed E-state index contributed by atoms with van der Waals surface area (Å²) in [6, 6.07) is 0. The number of methoxy groups -OCH3 is 1. The van der Waals surface area contributed by atoms with Gasteiger partial charge in [0.2, 0.25) is 0 Å². The van der Waals surface area contributed by atoms with E-state index in [4.69, 9.17) is 10.2 Å². The molecule has 0 bridgehead atoms. The maximum Gasteiger partial charge on any atom is 0.337 e. The Balaban J connectivity index is 4.25. The van der Waals surface area contributed by atoms with Crippen molar-refractivity contribution in [2.24, 2.45) is 0 Å². The summed E-state index contributed by atoms with van der Waals surface area (Å²) in [5, 5.41) is 16.9. The minimum absolute atomic E-state index is 0.486. The molecule has 1 atom stereocenters. The molecule has 0 amide bonds. The molecule has 0 aromatic heterocycles. The Kier molecular flexibility index (Phi) is 3.26. The molecule has 1 unspecified atom stereocenters. The topological polar surface area (TPSA) is 83.8 Å². The van der Waals surface area contributed by atoms with Gasteiger partial charge in [-0.3, -0.25) is 0 Å². The summed E-state index contributed by atoms with van der Waals surface area (Å²) >= 11 is 0. The van der Waals surface area contributed by atoms with Crippen LogP contribution in [0, 0.1) is 0 Å². The largest absolute Gasteiger partial charge is 0.479 e. The van der Waals surface area contributed by atoms with Crippen molar-refractivity contribution in [3.63, 3.8) is 0 Å². The lowest BCUT2D eigenvalue weighted by Gasteiger charge is -2.05. The number of rotatable bonds is 3. The molecule has 0 rings (SSSR count). The van der Waals surface area contributed by atoms with E-state index in [1.54, 1.807) is 0 Å².